The van der Waals surface area contributed by atoms with Crippen LogP contribution in [0.2, 0.25) is 0 Å². The first-order valence-corrected chi connectivity index (χ1v) is 17.1. The van der Waals surface area contributed by atoms with E-state index in [4.69, 9.17) is 4.74 Å². The van der Waals surface area contributed by atoms with E-state index in [0.29, 0.717) is 11.5 Å². The number of quaternary nitrogens is 1. The number of hydrogen-bond donors (Lipinski definition) is 0. The summed E-state index contributed by atoms with van der Waals surface area (Å²) in [5, 5.41) is 0. The number of carbonyl (C=O) groups is 1. The molecule has 0 N–H and O–H groups in total. The van der Waals surface area contributed by atoms with E-state index in [2.05, 4.69) is 21.0 Å². The van der Waals surface area contributed by atoms with Crippen molar-refractivity contribution in [2.24, 2.45) is 5.92 Å². The Kier molecular flexibility index (Phi) is 18.6. The van der Waals surface area contributed by atoms with Gasteiger partial charge in [0.1, 0.15) is 6.10 Å². The maximum Gasteiger partial charge on any atom is 0.338 e. The highest BCUT2D eigenvalue weighted by molar-refractivity contribution is 5.89. The van der Waals surface area contributed by atoms with Crippen LogP contribution in [0, 0.1) is 5.92 Å². The fourth-order valence-electron chi connectivity index (χ4n) is 6.49. The van der Waals surface area contributed by atoms with E-state index in [1.54, 1.807) is 0 Å². The number of carbonyl (C=O) groups excluding carboxylic acids is 1. The van der Waals surface area contributed by atoms with Crippen LogP contribution < -0.4 is 0 Å². The summed E-state index contributed by atoms with van der Waals surface area (Å²) in [7, 11) is 4.75. The highest BCUT2D eigenvalue weighted by atomic mass is 16.5. The average molecular weight is 543 g/mol. The van der Waals surface area contributed by atoms with Crippen molar-refractivity contribution in [1.29, 1.82) is 0 Å². The van der Waals surface area contributed by atoms with Gasteiger partial charge in [0.15, 0.2) is 0 Å². The number of esters is 1. The molecule has 0 spiro atoms. The van der Waals surface area contributed by atoms with Crippen molar-refractivity contribution in [3.05, 3.63) is 35.9 Å². The van der Waals surface area contributed by atoms with E-state index < -0.39 is 0 Å². The van der Waals surface area contributed by atoms with Gasteiger partial charge >= 0.3 is 5.97 Å². The van der Waals surface area contributed by atoms with Gasteiger partial charge in [-0.2, -0.15) is 0 Å². The van der Waals surface area contributed by atoms with Crippen LogP contribution in [0.5, 0.6) is 0 Å². The fraction of sp³-hybridized carbons (Fsp3) is 0.806. The fourth-order valence-corrected chi connectivity index (χ4v) is 6.49. The van der Waals surface area contributed by atoms with Crippen molar-refractivity contribution >= 4 is 5.97 Å². The van der Waals surface area contributed by atoms with E-state index in [1.807, 2.05) is 30.3 Å². The quantitative estimate of drug-likeness (QED) is 0.0781. The van der Waals surface area contributed by atoms with Crippen LogP contribution in [0.15, 0.2) is 30.3 Å². The molecule has 0 amide bonds. The zero-order chi connectivity index (χ0) is 28.0. The maximum absolute atomic E-state index is 12.7. The van der Waals surface area contributed by atoms with Gasteiger partial charge in [0.2, 0.25) is 0 Å². The van der Waals surface area contributed by atoms with Crippen LogP contribution in [0.1, 0.15) is 159 Å². The second-order valence-electron chi connectivity index (χ2n) is 13.2. The number of benzene rings is 1. The SMILES string of the molecule is CCCCCCCCCCCCCCCCCCCC[N+](C)(C)C[C@H]1CCCC[C@@H]1OC(=O)c1ccccc1. The summed E-state index contributed by atoms with van der Waals surface area (Å²) in [4.78, 5) is 12.7. The van der Waals surface area contributed by atoms with Crippen molar-refractivity contribution in [3.63, 3.8) is 0 Å². The van der Waals surface area contributed by atoms with Crippen LogP contribution >= 0.6 is 0 Å². The predicted octanol–water partition coefficient (Wildman–Crippen LogP) is 10.5. The van der Waals surface area contributed by atoms with Crippen LogP contribution in [-0.4, -0.2) is 43.7 Å². The molecule has 224 valence electrons. The van der Waals surface area contributed by atoms with E-state index in [-0.39, 0.29) is 12.1 Å². The van der Waals surface area contributed by atoms with Gasteiger partial charge in [0.25, 0.3) is 0 Å². The Labute approximate surface area is 243 Å². The van der Waals surface area contributed by atoms with Crippen molar-refractivity contribution in [1.82, 2.24) is 0 Å². The van der Waals surface area contributed by atoms with Gasteiger partial charge in [0.05, 0.1) is 32.7 Å². The molecule has 1 aliphatic carbocycles. The van der Waals surface area contributed by atoms with Crippen LogP contribution in [0.25, 0.3) is 0 Å². The number of nitrogens with zero attached hydrogens (tertiary/aromatic N) is 1. The first-order valence-electron chi connectivity index (χ1n) is 17.1. The van der Waals surface area contributed by atoms with E-state index in [9.17, 15) is 4.79 Å². The molecule has 2 atom stereocenters. The average Bonchev–Trinajstić information content (AvgIpc) is 2.93. The molecule has 2 rings (SSSR count). The lowest BCUT2D eigenvalue weighted by Gasteiger charge is -2.38. The Hall–Kier alpha value is -1.35. The Morgan fingerprint density at radius 2 is 1.15 bits per heavy atom. The minimum atomic E-state index is -0.152. The molecule has 39 heavy (non-hydrogen) atoms. The van der Waals surface area contributed by atoms with Crippen LogP contribution in [0.3, 0.4) is 0 Å². The smallest absolute Gasteiger partial charge is 0.338 e. The summed E-state index contributed by atoms with van der Waals surface area (Å²) in [6.45, 7) is 4.65. The summed E-state index contributed by atoms with van der Waals surface area (Å²) < 4.78 is 7.07. The van der Waals surface area contributed by atoms with Gasteiger partial charge in [-0.25, -0.2) is 4.79 Å². The molecule has 1 aromatic rings. The standard InChI is InChI=1S/C36H64NO2/c1-4-5-6-7-8-9-10-11-12-13-14-15-16-17-18-19-20-26-31-37(2,3)32-34-29-24-25-30-35(34)39-36(38)33-27-22-21-23-28-33/h21-23,27-28,34-35H,4-20,24-26,29-32H2,1-3H3/q+1/t34-,35+/m1/s1. The highest BCUT2D eigenvalue weighted by Crippen LogP contribution is 2.30. The molecule has 0 unspecified atom stereocenters. The molecule has 0 heterocycles. The summed E-state index contributed by atoms with van der Waals surface area (Å²) in [6.07, 6.45) is 30.4. The van der Waals surface area contributed by atoms with Crippen molar-refractivity contribution < 1.29 is 14.0 Å². The second kappa shape index (κ2) is 21.4. The number of hydrogen-bond acceptors (Lipinski definition) is 2. The molecule has 0 aliphatic heterocycles. The van der Waals surface area contributed by atoms with Crippen molar-refractivity contribution in [3.8, 4) is 0 Å². The summed E-state index contributed by atoms with van der Waals surface area (Å²) >= 11 is 0. The van der Waals surface area contributed by atoms with Crippen molar-refractivity contribution in [2.75, 3.05) is 27.2 Å². The molecule has 1 aliphatic rings. The monoisotopic (exact) mass is 542 g/mol. The molecule has 1 fully saturated rings. The number of rotatable bonds is 23. The largest absolute Gasteiger partial charge is 0.458 e. The van der Waals surface area contributed by atoms with E-state index >= 15 is 0 Å². The van der Waals surface area contributed by atoms with Gasteiger partial charge in [-0.05, 0) is 44.2 Å². The molecule has 1 saturated carbocycles. The predicted molar refractivity (Wildman–Crippen MR) is 168 cm³/mol. The maximum atomic E-state index is 12.7. The third kappa shape index (κ3) is 16.5. The minimum Gasteiger partial charge on any atom is -0.458 e. The third-order valence-electron chi connectivity index (χ3n) is 8.95. The summed E-state index contributed by atoms with van der Waals surface area (Å²) in [6, 6.07) is 9.49. The normalized spacial score (nSPS) is 17.8. The Morgan fingerprint density at radius 1 is 0.692 bits per heavy atom. The molecular weight excluding hydrogens is 478 g/mol. The molecule has 0 radical (unpaired) electrons. The van der Waals surface area contributed by atoms with Gasteiger partial charge in [0, 0.05) is 5.92 Å². The molecule has 0 aromatic heterocycles. The lowest BCUT2D eigenvalue weighted by atomic mass is 9.85. The van der Waals surface area contributed by atoms with E-state index in [0.717, 1.165) is 17.4 Å². The van der Waals surface area contributed by atoms with Crippen LogP contribution in [0.4, 0.5) is 0 Å². The van der Waals surface area contributed by atoms with E-state index in [1.165, 1.54) is 141 Å². The molecular formula is C36H64NO2+. The Bertz CT molecular complexity index is 716. The lowest BCUT2D eigenvalue weighted by molar-refractivity contribution is -0.894. The molecule has 3 nitrogen and oxygen atoms in total. The first kappa shape index (κ1) is 33.9. The Morgan fingerprint density at radius 3 is 1.67 bits per heavy atom. The van der Waals surface area contributed by atoms with Crippen molar-refractivity contribution in [2.45, 2.75) is 154 Å². The molecule has 0 saturated heterocycles. The van der Waals surface area contributed by atoms with Gasteiger partial charge in [-0.15, -0.1) is 0 Å². The second-order valence-corrected chi connectivity index (χ2v) is 13.2. The van der Waals surface area contributed by atoms with Gasteiger partial charge < -0.3 is 9.22 Å². The zero-order valence-electron chi connectivity index (χ0n) is 26.3. The topological polar surface area (TPSA) is 26.3 Å². The molecule has 0 bridgehead atoms. The highest BCUT2D eigenvalue weighted by Gasteiger charge is 2.33. The van der Waals surface area contributed by atoms with Gasteiger partial charge in [-0.1, -0.05) is 134 Å². The molecule has 1 aromatic carbocycles. The lowest BCUT2D eigenvalue weighted by Crippen LogP contribution is -2.48. The number of ether oxygens (including phenoxy) is 1. The third-order valence-corrected chi connectivity index (χ3v) is 8.95. The minimum absolute atomic E-state index is 0.0733. The van der Waals surface area contributed by atoms with Gasteiger partial charge in [-0.3, -0.25) is 0 Å². The summed E-state index contributed by atoms with van der Waals surface area (Å²) in [5.74, 6) is 0.332. The Balaban J connectivity index is 1.45. The zero-order valence-corrected chi connectivity index (χ0v) is 26.3. The summed E-state index contributed by atoms with van der Waals surface area (Å²) in [5.41, 5.74) is 0.675. The number of unbranched alkanes of at least 4 members (excludes halogenated alkanes) is 17. The van der Waals surface area contributed by atoms with Crippen LogP contribution in [-0.2, 0) is 4.74 Å². The first-order chi connectivity index (χ1) is 19.0. The molecule has 3 heteroatoms.